The highest BCUT2D eigenvalue weighted by Gasteiger charge is 2.12. The van der Waals surface area contributed by atoms with Gasteiger partial charge >= 0.3 is 0 Å². The lowest BCUT2D eigenvalue weighted by atomic mass is 10.1. The zero-order valence-electron chi connectivity index (χ0n) is 10.5. The Morgan fingerprint density at radius 3 is 2.65 bits per heavy atom. The molecule has 1 heterocycles. The maximum Gasteiger partial charge on any atom is 0.123 e. The number of hydrogen-bond donors (Lipinski definition) is 0. The van der Waals surface area contributed by atoms with Gasteiger partial charge in [-0.3, -0.25) is 0 Å². The van der Waals surface area contributed by atoms with Crippen LogP contribution in [0.25, 0.3) is 0 Å². The predicted octanol–water partition coefficient (Wildman–Crippen LogP) is 2.01. The maximum atomic E-state index is 13.0. The molecule has 3 heteroatoms. The summed E-state index contributed by atoms with van der Waals surface area (Å²) in [6, 6.07) is 6.95. The molecule has 0 atom stereocenters. The number of benzene rings is 1. The number of hydrogen-bond acceptors (Lipinski definition) is 2. The van der Waals surface area contributed by atoms with Crippen molar-refractivity contribution in [3.8, 4) is 0 Å². The minimum atomic E-state index is -0.123. The van der Waals surface area contributed by atoms with Crippen LogP contribution in [0.3, 0.4) is 0 Å². The van der Waals surface area contributed by atoms with Crippen LogP contribution in [0, 0.1) is 5.82 Å². The Bertz CT molecular complexity index is 346. The molecule has 0 bridgehead atoms. The molecule has 2 nitrogen and oxygen atoms in total. The van der Waals surface area contributed by atoms with Crippen molar-refractivity contribution in [2.75, 3.05) is 39.8 Å². The van der Waals surface area contributed by atoms with E-state index in [0.29, 0.717) is 0 Å². The third-order valence-electron chi connectivity index (χ3n) is 3.42. The van der Waals surface area contributed by atoms with E-state index in [-0.39, 0.29) is 5.82 Å². The van der Waals surface area contributed by atoms with Crippen LogP contribution in [-0.4, -0.2) is 49.6 Å². The highest BCUT2D eigenvalue weighted by molar-refractivity contribution is 5.16. The Labute approximate surface area is 103 Å². The first-order valence-electron chi connectivity index (χ1n) is 6.39. The van der Waals surface area contributed by atoms with Crippen molar-refractivity contribution in [2.24, 2.45) is 0 Å². The van der Waals surface area contributed by atoms with Crippen LogP contribution < -0.4 is 0 Å². The van der Waals surface area contributed by atoms with E-state index in [2.05, 4.69) is 16.8 Å². The van der Waals surface area contributed by atoms with Gasteiger partial charge in [-0.1, -0.05) is 12.1 Å². The van der Waals surface area contributed by atoms with E-state index in [1.807, 2.05) is 6.07 Å². The summed E-state index contributed by atoms with van der Waals surface area (Å²) in [4.78, 5) is 4.86. The molecular weight excluding hydrogens is 215 g/mol. The molecule has 1 fully saturated rings. The van der Waals surface area contributed by atoms with Gasteiger partial charge in [0.05, 0.1) is 0 Å². The number of piperazine rings is 1. The van der Waals surface area contributed by atoms with Crippen LogP contribution in [0.1, 0.15) is 12.0 Å². The standard InChI is InChI=1S/C14H21FN2/c1-16-8-10-17(11-9-16)7-3-5-13-4-2-6-14(15)12-13/h2,4,6,12H,3,5,7-11H2,1H3. The van der Waals surface area contributed by atoms with E-state index < -0.39 is 0 Å². The third-order valence-corrected chi connectivity index (χ3v) is 3.42. The van der Waals surface area contributed by atoms with Crippen molar-refractivity contribution in [1.82, 2.24) is 9.80 Å². The Balaban J connectivity index is 1.69. The maximum absolute atomic E-state index is 13.0. The van der Waals surface area contributed by atoms with Gasteiger partial charge in [-0.2, -0.15) is 0 Å². The molecule has 0 aromatic heterocycles. The van der Waals surface area contributed by atoms with Gasteiger partial charge in [0.2, 0.25) is 0 Å². The first kappa shape index (κ1) is 12.5. The molecule has 1 aromatic carbocycles. The van der Waals surface area contributed by atoms with E-state index in [1.165, 1.54) is 32.2 Å². The minimum absolute atomic E-state index is 0.123. The van der Waals surface area contributed by atoms with E-state index >= 15 is 0 Å². The summed E-state index contributed by atoms with van der Waals surface area (Å²) in [7, 11) is 2.17. The predicted molar refractivity (Wildman–Crippen MR) is 68.7 cm³/mol. The molecule has 0 spiro atoms. The lowest BCUT2D eigenvalue weighted by molar-refractivity contribution is 0.153. The van der Waals surface area contributed by atoms with Crippen molar-refractivity contribution in [3.05, 3.63) is 35.6 Å². The molecule has 2 rings (SSSR count). The fraction of sp³-hybridized carbons (Fsp3) is 0.571. The first-order chi connectivity index (χ1) is 8.24. The third kappa shape index (κ3) is 4.10. The van der Waals surface area contributed by atoms with Crippen LogP contribution in [0.5, 0.6) is 0 Å². The summed E-state index contributed by atoms with van der Waals surface area (Å²) in [5, 5.41) is 0. The van der Waals surface area contributed by atoms with E-state index in [4.69, 9.17) is 0 Å². The highest BCUT2D eigenvalue weighted by Crippen LogP contribution is 2.07. The van der Waals surface area contributed by atoms with E-state index in [9.17, 15) is 4.39 Å². The number of aryl methyl sites for hydroxylation is 1. The summed E-state index contributed by atoms with van der Waals surface area (Å²) >= 11 is 0. The van der Waals surface area contributed by atoms with Gasteiger partial charge in [0.1, 0.15) is 5.82 Å². The van der Waals surface area contributed by atoms with E-state index in [0.717, 1.165) is 24.9 Å². The SMILES string of the molecule is CN1CCN(CCCc2cccc(F)c2)CC1. The Morgan fingerprint density at radius 1 is 1.18 bits per heavy atom. The molecule has 1 aromatic rings. The average Bonchev–Trinajstić information content (AvgIpc) is 2.32. The van der Waals surface area contributed by atoms with Crippen molar-refractivity contribution in [3.63, 3.8) is 0 Å². The second kappa shape index (κ2) is 6.12. The zero-order chi connectivity index (χ0) is 12.1. The lowest BCUT2D eigenvalue weighted by Gasteiger charge is -2.32. The van der Waals surface area contributed by atoms with Gasteiger partial charge in [-0.25, -0.2) is 4.39 Å². The van der Waals surface area contributed by atoms with Gasteiger partial charge in [0.15, 0.2) is 0 Å². The average molecular weight is 236 g/mol. The van der Waals surface area contributed by atoms with E-state index in [1.54, 1.807) is 12.1 Å². The number of rotatable bonds is 4. The molecule has 0 saturated carbocycles. The fourth-order valence-corrected chi connectivity index (χ4v) is 2.27. The largest absolute Gasteiger partial charge is 0.304 e. The molecule has 94 valence electrons. The van der Waals surface area contributed by atoms with Gasteiger partial charge in [-0.15, -0.1) is 0 Å². The number of nitrogens with zero attached hydrogens (tertiary/aromatic N) is 2. The van der Waals surface area contributed by atoms with Crippen LogP contribution in [-0.2, 0) is 6.42 Å². The smallest absolute Gasteiger partial charge is 0.123 e. The zero-order valence-corrected chi connectivity index (χ0v) is 10.5. The second-order valence-corrected chi connectivity index (χ2v) is 4.88. The number of halogens is 1. The van der Waals surface area contributed by atoms with Crippen LogP contribution in [0.4, 0.5) is 4.39 Å². The molecule has 1 aliphatic heterocycles. The summed E-state index contributed by atoms with van der Waals surface area (Å²) in [6.45, 7) is 5.80. The van der Waals surface area contributed by atoms with Crippen molar-refractivity contribution >= 4 is 0 Å². The van der Waals surface area contributed by atoms with Crippen molar-refractivity contribution in [2.45, 2.75) is 12.8 Å². The molecular formula is C14H21FN2. The minimum Gasteiger partial charge on any atom is -0.304 e. The Hall–Kier alpha value is -0.930. The van der Waals surface area contributed by atoms with Gasteiger partial charge < -0.3 is 9.80 Å². The molecule has 17 heavy (non-hydrogen) atoms. The molecule has 0 amide bonds. The Kier molecular flexibility index (Phi) is 4.51. The van der Waals surface area contributed by atoms with Gasteiger partial charge in [-0.05, 0) is 44.1 Å². The van der Waals surface area contributed by atoms with Crippen molar-refractivity contribution < 1.29 is 4.39 Å². The van der Waals surface area contributed by atoms with Crippen molar-refractivity contribution in [1.29, 1.82) is 0 Å². The number of likely N-dealkylation sites (N-methyl/N-ethyl adjacent to an activating group) is 1. The molecule has 1 saturated heterocycles. The summed E-state index contributed by atoms with van der Waals surface area (Å²) in [5.74, 6) is -0.123. The summed E-state index contributed by atoms with van der Waals surface area (Å²) < 4.78 is 13.0. The summed E-state index contributed by atoms with van der Waals surface area (Å²) in [6.07, 6.45) is 2.09. The quantitative estimate of drug-likeness (QED) is 0.789. The fourth-order valence-electron chi connectivity index (χ4n) is 2.27. The highest BCUT2D eigenvalue weighted by atomic mass is 19.1. The van der Waals surface area contributed by atoms with Crippen LogP contribution >= 0.6 is 0 Å². The molecule has 1 aliphatic rings. The molecule has 0 radical (unpaired) electrons. The lowest BCUT2D eigenvalue weighted by Crippen LogP contribution is -2.44. The molecule has 0 unspecified atom stereocenters. The van der Waals surface area contributed by atoms with Gasteiger partial charge in [0.25, 0.3) is 0 Å². The first-order valence-corrected chi connectivity index (χ1v) is 6.39. The Morgan fingerprint density at radius 2 is 1.94 bits per heavy atom. The monoisotopic (exact) mass is 236 g/mol. The topological polar surface area (TPSA) is 6.48 Å². The second-order valence-electron chi connectivity index (χ2n) is 4.88. The van der Waals surface area contributed by atoms with Crippen LogP contribution in [0.2, 0.25) is 0 Å². The van der Waals surface area contributed by atoms with Gasteiger partial charge in [0, 0.05) is 26.2 Å². The molecule has 0 aliphatic carbocycles. The normalized spacial score (nSPS) is 18.5. The summed E-state index contributed by atoms with van der Waals surface area (Å²) in [5.41, 5.74) is 1.11. The van der Waals surface area contributed by atoms with Crippen LogP contribution in [0.15, 0.2) is 24.3 Å². The molecule has 0 N–H and O–H groups in total.